The topological polar surface area (TPSA) is 71.5 Å². The number of methoxy groups -OCH3 is 1. The summed E-state index contributed by atoms with van der Waals surface area (Å²) in [5.41, 5.74) is 1.05. The van der Waals surface area contributed by atoms with Crippen LogP contribution in [0.1, 0.15) is 29.4 Å². The average molecular weight is 238 g/mol. The van der Waals surface area contributed by atoms with E-state index in [1.807, 2.05) is 6.92 Å². The van der Waals surface area contributed by atoms with Crippen molar-refractivity contribution in [3.8, 4) is 0 Å². The van der Waals surface area contributed by atoms with Gasteiger partial charge < -0.3 is 15.2 Å². The Morgan fingerprint density at radius 1 is 1.53 bits per heavy atom. The Kier molecular flexibility index (Phi) is 5.42. The summed E-state index contributed by atoms with van der Waals surface area (Å²) >= 11 is 0. The van der Waals surface area contributed by atoms with Crippen LogP contribution in [0.3, 0.4) is 0 Å². The number of ether oxygens (including phenoxy) is 1. The summed E-state index contributed by atoms with van der Waals surface area (Å²) in [6.07, 6.45) is 1.57. The molecule has 0 aliphatic heterocycles. The van der Waals surface area contributed by atoms with E-state index in [1.54, 1.807) is 19.2 Å². The summed E-state index contributed by atoms with van der Waals surface area (Å²) in [5.74, 6) is -0.320. The first kappa shape index (κ1) is 13.4. The van der Waals surface area contributed by atoms with Gasteiger partial charge in [0.25, 0.3) is 0 Å². The van der Waals surface area contributed by atoms with E-state index in [0.717, 1.165) is 12.1 Å². The number of anilines is 1. The zero-order chi connectivity index (χ0) is 12.7. The lowest BCUT2D eigenvalue weighted by atomic mass is 10.2. The van der Waals surface area contributed by atoms with E-state index in [-0.39, 0.29) is 5.56 Å². The number of carboxylic acids is 1. The molecule has 0 aliphatic rings. The van der Waals surface area contributed by atoms with Gasteiger partial charge in [-0.2, -0.15) is 0 Å². The molecule has 1 rings (SSSR count). The zero-order valence-electron chi connectivity index (χ0n) is 10.2. The van der Waals surface area contributed by atoms with Crippen molar-refractivity contribution in [1.29, 1.82) is 0 Å². The van der Waals surface area contributed by atoms with Crippen LogP contribution < -0.4 is 5.32 Å². The standard InChI is InChI=1S/C12H18N2O3/c1-3-10-7-9(12(15)16)8-11(14-10)13-5-4-6-17-2/h7-8H,3-6H2,1-2H3,(H,13,14)(H,15,16). The number of carboxylic acid groups (broad SMARTS) is 1. The third-order valence-corrected chi connectivity index (χ3v) is 2.32. The predicted octanol–water partition coefficient (Wildman–Crippen LogP) is 1.79. The summed E-state index contributed by atoms with van der Waals surface area (Å²) in [4.78, 5) is 15.2. The van der Waals surface area contributed by atoms with Gasteiger partial charge in [0.15, 0.2) is 0 Å². The van der Waals surface area contributed by atoms with Gasteiger partial charge in [-0.1, -0.05) is 6.92 Å². The Morgan fingerprint density at radius 2 is 2.29 bits per heavy atom. The largest absolute Gasteiger partial charge is 0.478 e. The van der Waals surface area contributed by atoms with E-state index in [4.69, 9.17) is 9.84 Å². The van der Waals surface area contributed by atoms with Gasteiger partial charge in [-0.25, -0.2) is 9.78 Å². The molecule has 5 nitrogen and oxygen atoms in total. The van der Waals surface area contributed by atoms with Crippen molar-refractivity contribution in [2.75, 3.05) is 25.6 Å². The summed E-state index contributed by atoms with van der Waals surface area (Å²) in [6, 6.07) is 3.15. The number of hydrogen-bond donors (Lipinski definition) is 2. The molecule has 0 saturated heterocycles. The molecule has 0 spiro atoms. The first-order valence-corrected chi connectivity index (χ1v) is 5.64. The molecule has 0 aliphatic carbocycles. The van der Waals surface area contributed by atoms with Gasteiger partial charge in [0.2, 0.25) is 0 Å². The molecular weight excluding hydrogens is 220 g/mol. The fraction of sp³-hybridized carbons (Fsp3) is 0.500. The van der Waals surface area contributed by atoms with Crippen LogP contribution in [0.4, 0.5) is 5.82 Å². The molecule has 1 heterocycles. The summed E-state index contributed by atoms with van der Waals surface area (Å²) in [6.45, 7) is 3.34. The number of aryl methyl sites for hydroxylation is 1. The molecule has 0 aromatic carbocycles. The maximum Gasteiger partial charge on any atom is 0.335 e. The number of pyridine rings is 1. The second-order valence-electron chi connectivity index (χ2n) is 3.66. The molecule has 1 aromatic heterocycles. The number of carbonyl (C=O) groups is 1. The van der Waals surface area contributed by atoms with Crippen LogP contribution in [0.15, 0.2) is 12.1 Å². The number of aromatic carboxylic acids is 1. The van der Waals surface area contributed by atoms with Crippen LogP contribution >= 0.6 is 0 Å². The quantitative estimate of drug-likeness (QED) is 0.709. The molecule has 2 N–H and O–H groups in total. The van der Waals surface area contributed by atoms with E-state index in [9.17, 15) is 4.79 Å². The fourth-order valence-corrected chi connectivity index (χ4v) is 1.42. The van der Waals surface area contributed by atoms with Gasteiger partial charge in [-0.05, 0) is 25.0 Å². The Labute approximate surface area is 101 Å². The van der Waals surface area contributed by atoms with Crippen molar-refractivity contribution in [2.45, 2.75) is 19.8 Å². The van der Waals surface area contributed by atoms with Crippen LogP contribution in [0.2, 0.25) is 0 Å². The van der Waals surface area contributed by atoms with Gasteiger partial charge in [-0.3, -0.25) is 0 Å². The normalized spacial score (nSPS) is 10.2. The monoisotopic (exact) mass is 238 g/mol. The van der Waals surface area contributed by atoms with Crippen molar-refractivity contribution in [3.63, 3.8) is 0 Å². The lowest BCUT2D eigenvalue weighted by Crippen LogP contribution is -2.09. The molecule has 0 amide bonds. The molecule has 0 radical (unpaired) electrons. The highest BCUT2D eigenvalue weighted by Crippen LogP contribution is 2.11. The number of hydrogen-bond acceptors (Lipinski definition) is 4. The highest BCUT2D eigenvalue weighted by Gasteiger charge is 2.07. The van der Waals surface area contributed by atoms with Gasteiger partial charge in [-0.15, -0.1) is 0 Å². The number of rotatable bonds is 7. The molecule has 5 heteroatoms. The van der Waals surface area contributed by atoms with Crippen molar-refractivity contribution in [2.24, 2.45) is 0 Å². The maximum atomic E-state index is 10.9. The van der Waals surface area contributed by atoms with Crippen LogP contribution in [-0.2, 0) is 11.2 Å². The van der Waals surface area contributed by atoms with Crippen LogP contribution in [0, 0.1) is 0 Å². The summed E-state index contributed by atoms with van der Waals surface area (Å²) < 4.78 is 4.93. The fourth-order valence-electron chi connectivity index (χ4n) is 1.42. The lowest BCUT2D eigenvalue weighted by molar-refractivity contribution is 0.0696. The van der Waals surface area contributed by atoms with E-state index in [2.05, 4.69) is 10.3 Å². The maximum absolute atomic E-state index is 10.9. The number of nitrogens with one attached hydrogen (secondary N) is 1. The minimum absolute atomic E-state index is 0.270. The van der Waals surface area contributed by atoms with Crippen molar-refractivity contribution in [1.82, 2.24) is 4.98 Å². The van der Waals surface area contributed by atoms with E-state index in [0.29, 0.717) is 25.4 Å². The molecule has 1 aromatic rings. The molecule has 0 atom stereocenters. The molecule has 0 saturated carbocycles. The van der Waals surface area contributed by atoms with E-state index in [1.165, 1.54) is 0 Å². The molecule has 94 valence electrons. The molecule has 0 fully saturated rings. The smallest absolute Gasteiger partial charge is 0.335 e. The van der Waals surface area contributed by atoms with Crippen molar-refractivity contribution >= 4 is 11.8 Å². The minimum Gasteiger partial charge on any atom is -0.478 e. The summed E-state index contributed by atoms with van der Waals surface area (Å²) in [7, 11) is 1.65. The second-order valence-corrected chi connectivity index (χ2v) is 3.66. The Hall–Kier alpha value is -1.62. The molecule has 0 unspecified atom stereocenters. The lowest BCUT2D eigenvalue weighted by Gasteiger charge is -2.08. The Bertz CT molecular complexity index is 380. The molecule has 0 bridgehead atoms. The first-order valence-electron chi connectivity index (χ1n) is 5.64. The van der Waals surface area contributed by atoms with Crippen molar-refractivity contribution in [3.05, 3.63) is 23.4 Å². The highest BCUT2D eigenvalue weighted by molar-refractivity contribution is 5.88. The Balaban J connectivity index is 2.70. The van der Waals surface area contributed by atoms with Gasteiger partial charge >= 0.3 is 5.97 Å². The third kappa shape index (κ3) is 4.40. The van der Waals surface area contributed by atoms with E-state index >= 15 is 0 Å². The molecular formula is C12H18N2O3. The number of aromatic nitrogens is 1. The van der Waals surface area contributed by atoms with Gasteiger partial charge in [0, 0.05) is 26.0 Å². The SMILES string of the molecule is CCc1cc(C(=O)O)cc(NCCCOC)n1. The van der Waals surface area contributed by atoms with E-state index < -0.39 is 5.97 Å². The summed E-state index contributed by atoms with van der Waals surface area (Å²) in [5, 5.41) is 12.1. The minimum atomic E-state index is -0.929. The Morgan fingerprint density at radius 3 is 2.88 bits per heavy atom. The highest BCUT2D eigenvalue weighted by atomic mass is 16.5. The number of nitrogens with zero attached hydrogens (tertiary/aromatic N) is 1. The second kappa shape index (κ2) is 6.85. The average Bonchev–Trinajstić information content (AvgIpc) is 2.34. The van der Waals surface area contributed by atoms with Crippen LogP contribution in [-0.4, -0.2) is 36.3 Å². The predicted molar refractivity (Wildman–Crippen MR) is 65.6 cm³/mol. The van der Waals surface area contributed by atoms with Crippen molar-refractivity contribution < 1.29 is 14.6 Å². The first-order chi connectivity index (χ1) is 8.17. The van der Waals surface area contributed by atoms with Gasteiger partial charge in [0.1, 0.15) is 5.82 Å². The van der Waals surface area contributed by atoms with Crippen LogP contribution in [0.5, 0.6) is 0 Å². The van der Waals surface area contributed by atoms with Gasteiger partial charge in [0.05, 0.1) is 5.56 Å². The third-order valence-electron chi connectivity index (χ3n) is 2.32. The van der Waals surface area contributed by atoms with Crippen LogP contribution in [0.25, 0.3) is 0 Å². The molecule has 17 heavy (non-hydrogen) atoms. The zero-order valence-corrected chi connectivity index (χ0v) is 10.2.